The lowest BCUT2D eigenvalue weighted by atomic mass is 10.1. The smallest absolute Gasteiger partial charge is 0.412 e. The second kappa shape index (κ2) is 10.1. The van der Waals surface area contributed by atoms with Crippen molar-refractivity contribution in [3.63, 3.8) is 0 Å². The minimum absolute atomic E-state index is 0.0213. The summed E-state index contributed by atoms with van der Waals surface area (Å²) in [5.41, 5.74) is 1.33. The molecule has 12 heteroatoms. The summed E-state index contributed by atoms with van der Waals surface area (Å²) < 4.78 is 45.1. The zero-order valence-corrected chi connectivity index (χ0v) is 19.8. The van der Waals surface area contributed by atoms with Crippen LogP contribution in [0.1, 0.15) is 24.2 Å². The first-order valence-electron chi connectivity index (χ1n) is 10.8. The van der Waals surface area contributed by atoms with Crippen LogP contribution < -0.4 is 15.4 Å². The van der Waals surface area contributed by atoms with E-state index in [4.69, 9.17) is 14.2 Å². The molecule has 2 aliphatic heterocycles. The fraction of sp³-hybridized carbons (Fsp3) is 0.348. The van der Waals surface area contributed by atoms with Gasteiger partial charge in [0.1, 0.15) is 12.2 Å². The number of carbonyl (C=O) groups excluding carboxylic acids is 3. The van der Waals surface area contributed by atoms with Crippen LogP contribution in [-0.4, -0.2) is 63.8 Å². The van der Waals surface area contributed by atoms with Crippen molar-refractivity contribution in [2.75, 3.05) is 23.8 Å². The zero-order chi connectivity index (χ0) is 25.2. The van der Waals surface area contributed by atoms with E-state index in [2.05, 4.69) is 15.4 Å². The van der Waals surface area contributed by atoms with Crippen molar-refractivity contribution in [3.05, 3.63) is 54.1 Å². The summed E-state index contributed by atoms with van der Waals surface area (Å²) >= 11 is 0. The number of fused-ring (bicyclic) bond motifs is 1. The normalized spacial score (nSPS) is 23.4. The maximum absolute atomic E-state index is 12.8. The fourth-order valence-corrected chi connectivity index (χ4v) is 5.19. The number of hydrogen-bond acceptors (Lipinski definition) is 8. The number of sulfonamides is 1. The molecule has 0 radical (unpaired) electrons. The highest BCUT2D eigenvalue weighted by atomic mass is 32.2. The minimum Gasteiger partial charge on any atom is -0.441 e. The molecule has 2 fully saturated rings. The van der Waals surface area contributed by atoms with E-state index in [1.165, 1.54) is 44.2 Å². The van der Waals surface area contributed by atoms with Crippen LogP contribution in [0.2, 0.25) is 0 Å². The van der Waals surface area contributed by atoms with Crippen LogP contribution >= 0.6 is 0 Å². The monoisotopic (exact) mass is 503 g/mol. The predicted molar refractivity (Wildman–Crippen MR) is 125 cm³/mol. The number of hydrogen-bond donors (Lipinski definition) is 3. The maximum atomic E-state index is 12.8. The molecule has 2 aromatic rings. The van der Waals surface area contributed by atoms with E-state index in [-0.39, 0.29) is 29.8 Å². The maximum Gasteiger partial charge on any atom is 0.412 e. The first-order chi connectivity index (χ1) is 16.6. The number of nitrogens with one attached hydrogen (secondary N) is 3. The highest BCUT2D eigenvalue weighted by Crippen LogP contribution is 2.30. The number of anilines is 2. The SMILES string of the molecule is CC(=O)Nc1ccc(S(=O)(=O)N[C@H]2CO[C@H]3[C@@H]2OC[C@H]3OC(=O)Nc2cccc(C(C)=O)c2)cc1. The topological polar surface area (TPSA) is 149 Å². The Morgan fingerprint density at radius 2 is 1.63 bits per heavy atom. The first kappa shape index (κ1) is 24.8. The van der Waals surface area contributed by atoms with E-state index in [0.29, 0.717) is 16.9 Å². The third kappa shape index (κ3) is 5.85. The zero-order valence-electron chi connectivity index (χ0n) is 19.0. The molecular formula is C23H25N3O8S. The Morgan fingerprint density at radius 1 is 0.914 bits per heavy atom. The molecule has 11 nitrogen and oxygen atoms in total. The lowest BCUT2D eigenvalue weighted by Gasteiger charge is -2.18. The highest BCUT2D eigenvalue weighted by Gasteiger charge is 2.50. The van der Waals surface area contributed by atoms with Gasteiger partial charge in [-0.15, -0.1) is 0 Å². The van der Waals surface area contributed by atoms with E-state index in [9.17, 15) is 22.8 Å². The average molecular weight is 504 g/mol. The molecule has 2 amide bonds. The van der Waals surface area contributed by atoms with E-state index >= 15 is 0 Å². The number of Topliss-reactive ketones (excluding diaryl/α,β-unsaturated/α-hetero) is 1. The number of amides is 2. The summed E-state index contributed by atoms with van der Waals surface area (Å²) in [6.07, 6.45) is -2.75. The van der Waals surface area contributed by atoms with Gasteiger partial charge >= 0.3 is 6.09 Å². The molecule has 3 N–H and O–H groups in total. The molecule has 0 saturated carbocycles. The van der Waals surface area contributed by atoms with Crippen molar-refractivity contribution in [1.82, 2.24) is 4.72 Å². The Morgan fingerprint density at radius 3 is 2.31 bits per heavy atom. The van der Waals surface area contributed by atoms with Crippen molar-refractivity contribution >= 4 is 39.2 Å². The van der Waals surface area contributed by atoms with Gasteiger partial charge in [-0.05, 0) is 43.3 Å². The molecule has 35 heavy (non-hydrogen) atoms. The summed E-state index contributed by atoms with van der Waals surface area (Å²) in [6.45, 7) is 2.87. The molecule has 0 aliphatic carbocycles. The quantitative estimate of drug-likeness (QED) is 0.485. The molecule has 2 aliphatic rings. The first-order valence-corrected chi connectivity index (χ1v) is 12.3. The summed E-state index contributed by atoms with van der Waals surface area (Å²) in [5, 5.41) is 5.14. The Bertz CT molecular complexity index is 1230. The van der Waals surface area contributed by atoms with Crippen LogP contribution in [0.15, 0.2) is 53.4 Å². The number of benzene rings is 2. The van der Waals surface area contributed by atoms with Gasteiger partial charge in [0, 0.05) is 23.9 Å². The molecule has 2 aromatic carbocycles. The third-order valence-corrected chi connectivity index (χ3v) is 7.08. The van der Waals surface area contributed by atoms with Gasteiger partial charge in [0.05, 0.1) is 24.2 Å². The number of ketones is 1. The van der Waals surface area contributed by atoms with Gasteiger partial charge in [0.15, 0.2) is 11.9 Å². The van der Waals surface area contributed by atoms with E-state index in [1.807, 2.05) is 0 Å². The number of rotatable bonds is 7. The Hall–Kier alpha value is -3.32. The molecule has 0 unspecified atom stereocenters. The molecule has 4 rings (SSSR count). The van der Waals surface area contributed by atoms with Gasteiger partial charge in [-0.3, -0.25) is 14.9 Å². The van der Waals surface area contributed by atoms with Gasteiger partial charge < -0.3 is 19.5 Å². The average Bonchev–Trinajstić information content (AvgIpc) is 3.37. The van der Waals surface area contributed by atoms with Gasteiger partial charge in [-0.1, -0.05) is 12.1 Å². The summed E-state index contributed by atoms with van der Waals surface area (Å²) in [7, 11) is -3.89. The van der Waals surface area contributed by atoms with E-state index in [0.717, 1.165) is 0 Å². The van der Waals surface area contributed by atoms with Crippen molar-refractivity contribution in [2.24, 2.45) is 0 Å². The van der Waals surface area contributed by atoms with Crippen LogP contribution in [0.25, 0.3) is 0 Å². The van der Waals surface area contributed by atoms with Gasteiger partial charge in [-0.2, -0.15) is 0 Å². The van der Waals surface area contributed by atoms with Crippen LogP contribution in [0, 0.1) is 0 Å². The van der Waals surface area contributed by atoms with Gasteiger partial charge in [-0.25, -0.2) is 17.9 Å². The largest absolute Gasteiger partial charge is 0.441 e. The molecule has 0 spiro atoms. The number of ether oxygens (including phenoxy) is 3. The molecule has 0 bridgehead atoms. The molecule has 186 valence electrons. The second-order valence-electron chi connectivity index (χ2n) is 8.23. The predicted octanol–water partition coefficient (Wildman–Crippen LogP) is 1.91. The lowest BCUT2D eigenvalue weighted by Crippen LogP contribution is -2.44. The van der Waals surface area contributed by atoms with Crippen molar-refractivity contribution in [1.29, 1.82) is 0 Å². The molecule has 2 saturated heterocycles. The Balaban J connectivity index is 1.34. The van der Waals surface area contributed by atoms with Crippen LogP contribution in [0.4, 0.5) is 16.2 Å². The molecular weight excluding hydrogens is 478 g/mol. The highest BCUT2D eigenvalue weighted by molar-refractivity contribution is 7.89. The summed E-state index contributed by atoms with van der Waals surface area (Å²) in [6, 6.07) is 11.5. The fourth-order valence-electron chi connectivity index (χ4n) is 3.96. The van der Waals surface area contributed by atoms with Crippen molar-refractivity contribution in [2.45, 2.75) is 43.1 Å². The molecule has 4 atom stereocenters. The standard InChI is InChI=1S/C23H25N3O8S/c1-13(27)15-4-3-5-17(10-15)25-23(29)34-20-12-33-21-19(11-32-22(20)21)26-35(30,31)18-8-6-16(7-9-18)24-14(2)28/h3-10,19-22,26H,11-12H2,1-2H3,(H,24,28)(H,25,29)/t19-,20+,21+,22+/m0/s1. The van der Waals surface area contributed by atoms with Gasteiger partial charge in [0.2, 0.25) is 15.9 Å². The van der Waals surface area contributed by atoms with Crippen LogP contribution in [-0.2, 0) is 29.0 Å². The van der Waals surface area contributed by atoms with Crippen LogP contribution in [0.3, 0.4) is 0 Å². The van der Waals surface area contributed by atoms with Gasteiger partial charge in [0.25, 0.3) is 0 Å². The van der Waals surface area contributed by atoms with E-state index < -0.39 is 40.5 Å². The molecule has 2 heterocycles. The lowest BCUT2D eigenvalue weighted by molar-refractivity contribution is -0.114. The second-order valence-corrected chi connectivity index (χ2v) is 9.95. The summed E-state index contributed by atoms with van der Waals surface area (Å²) in [4.78, 5) is 35.0. The summed E-state index contributed by atoms with van der Waals surface area (Å²) in [5.74, 6) is -0.396. The molecule has 0 aromatic heterocycles. The minimum atomic E-state index is -3.89. The van der Waals surface area contributed by atoms with Crippen LogP contribution in [0.5, 0.6) is 0 Å². The number of carbonyl (C=O) groups is 3. The van der Waals surface area contributed by atoms with E-state index in [1.54, 1.807) is 18.2 Å². The van der Waals surface area contributed by atoms with Crippen molar-refractivity contribution < 1.29 is 37.0 Å². The van der Waals surface area contributed by atoms with Crippen molar-refractivity contribution in [3.8, 4) is 0 Å². The third-order valence-electron chi connectivity index (χ3n) is 5.57. The Labute approximate surface area is 202 Å². The Kier molecular flexibility index (Phi) is 7.17.